The second kappa shape index (κ2) is 3.81. The van der Waals surface area contributed by atoms with Gasteiger partial charge in [-0.1, -0.05) is 38.4 Å². The molecule has 15 heavy (non-hydrogen) atoms. The van der Waals surface area contributed by atoms with Crippen molar-refractivity contribution in [3.8, 4) is 0 Å². The fourth-order valence-electron chi connectivity index (χ4n) is 1.33. The molecule has 0 aromatic carbocycles. The van der Waals surface area contributed by atoms with Crippen LogP contribution >= 0.6 is 11.6 Å². The summed E-state index contributed by atoms with van der Waals surface area (Å²) in [5.74, 6) is -1.04. The lowest BCUT2D eigenvalue weighted by Gasteiger charge is -2.21. The molecule has 1 N–H and O–H groups in total. The second-order valence-electron chi connectivity index (χ2n) is 4.55. The number of aromatic nitrogens is 1. The molecule has 1 aromatic heterocycles. The Morgan fingerprint density at radius 2 is 2.00 bits per heavy atom. The van der Waals surface area contributed by atoms with Gasteiger partial charge in [-0.25, -0.2) is 9.78 Å². The van der Waals surface area contributed by atoms with Gasteiger partial charge in [-0.2, -0.15) is 0 Å². The van der Waals surface area contributed by atoms with Gasteiger partial charge in [0.15, 0.2) is 5.69 Å². The first-order valence-electron chi connectivity index (χ1n) is 4.64. The van der Waals surface area contributed by atoms with Crippen LogP contribution < -0.4 is 0 Å². The van der Waals surface area contributed by atoms with E-state index in [1.165, 1.54) is 0 Å². The molecule has 0 fully saturated rings. The summed E-state index contributed by atoms with van der Waals surface area (Å²) in [5.41, 5.74) is 1.29. The molecule has 1 heterocycles. The van der Waals surface area contributed by atoms with E-state index in [4.69, 9.17) is 16.7 Å². The molecule has 0 aliphatic heterocycles. The van der Waals surface area contributed by atoms with Gasteiger partial charge >= 0.3 is 5.97 Å². The van der Waals surface area contributed by atoms with Crippen molar-refractivity contribution in [3.05, 3.63) is 28.0 Å². The number of nitrogens with zero attached hydrogens (tertiary/aromatic N) is 1. The first-order valence-corrected chi connectivity index (χ1v) is 5.02. The minimum atomic E-state index is -1.04. The predicted molar refractivity (Wildman–Crippen MR) is 59.6 cm³/mol. The molecular weight excluding hydrogens is 214 g/mol. The van der Waals surface area contributed by atoms with Gasteiger partial charge in [0.05, 0.1) is 0 Å². The van der Waals surface area contributed by atoms with Crippen LogP contribution in [-0.2, 0) is 5.41 Å². The van der Waals surface area contributed by atoms with Crippen LogP contribution in [0.25, 0.3) is 0 Å². The molecular formula is C11H14ClNO2. The zero-order valence-electron chi connectivity index (χ0n) is 9.26. The molecule has 0 saturated carbocycles. The SMILES string of the molecule is Cc1cc(C(C)(C)C)c(C(=O)O)nc1Cl. The largest absolute Gasteiger partial charge is 0.477 e. The Kier molecular flexibility index (Phi) is 3.05. The fourth-order valence-corrected chi connectivity index (χ4v) is 1.46. The maximum absolute atomic E-state index is 11.0. The van der Waals surface area contributed by atoms with Crippen LogP contribution in [0.15, 0.2) is 6.07 Å². The Bertz CT molecular complexity index is 408. The Morgan fingerprint density at radius 3 is 2.40 bits per heavy atom. The summed E-state index contributed by atoms with van der Waals surface area (Å²) < 4.78 is 0. The number of carbonyl (C=O) groups is 1. The summed E-state index contributed by atoms with van der Waals surface area (Å²) in [5, 5.41) is 9.27. The lowest BCUT2D eigenvalue weighted by molar-refractivity contribution is 0.0687. The Labute approximate surface area is 94.1 Å². The summed E-state index contributed by atoms with van der Waals surface area (Å²) in [6.45, 7) is 7.66. The monoisotopic (exact) mass is 227 g/mol. The third-order valence-corrected chi connectivity index (χ3v) is 2.54. The molecule has 4 heteroatoms. The predicted octanol–water partition coefficient (Wildman–Crippen LogP) is 3.04. The van der Waals surface area contributed by atoms with Crippen LogP contribution in [0.2, 0.25) is 5.15 Å². The van der Waals surface area contributed by atoms with E-state index in [1.54, 1.807) is 6.07 Å². The molecule has 0 amide bonds. The van der Waals surface area contributed by atoms with E-state index in [1.807, 2.05) is 27.7 Å². The molecule has 0 unspecified atom stereocenters. The van der Waals surface area contributed by atoms with E-state index in [0.717, 1.165) is 5.56 Å². The minimum absolute atomic E-state index is 0.0399. The minimum Gasteiger partial charge on any atom is -0.477 e. The smallest absolute Gasteiger partial charge is 0.354 e. The summed E-state index contributed by atoms with van der Waals surface area (Å²) in [7, 11) is 0. The van der Waals surface area contributed by atoms with E-state index >= 15 is 0 Å². The lowest BCUT2D eigenvalue weighted by Crippen LogP contribution is -2.19. The number of hydrogen-bond acceptors (Lipinski definition) is 2. The molecule has 3 nitrogen and oxygen atoms in total. The molecule has 0 aliphatic carbocycles. The summed E-state index contributed by atoms with van der Waals surface area (Å²) >= 11 is 5.81. The van der Waals surface area contributed by atoms with E-state index in [0.29, 0.717) is 5.56 Å². The van der Waals surface area contributed by atoms with Crippen molar-refractivity contribution in [3.63, 3.8) is 0 Å². The van der Waals surface area contributed by atoms with Crippen molar-refractivity contribution in [2.75, 3.05) is 0 Å². The highest BCUT2D eigenvalue weighted by molar-refractivity contribution is 6.30. The maximum atomic E-state index is 11.0. The number of halogens is 1. The Morgan fingerprint density at radius 1 is 1.47 bits per heavy atom. The molecule has 0 saturated heterocycles. The summed E-state index contributed by atoms with van der Waals surface area (Å²) in [4.78, 5) is 14.9. The molecule has 0 bridgehead atoms. The van der Waals surface area contributed by atoms with E-state index < -0.39 is 5.97 Å². The lowest BCUT2D eigenvalue weighted by atomic mass is 9.85. The van der Waals surface area contributed by atoms with E-state index in [2.05, 4.69) is 4.98 Å². The highest BCUT2D eigenvalue weighted by Crippen LogP contribution is 2.28. The zero-order chi connectivity index (χ0) is 11.8. The van der Waals surface area contributed by atoms with Crippen LogP contribution in [0.4, 0.5) is 0 Å². The van der Waals surface area contributed by atoms with E-state index in [9.17, 15) is 4.79 Å². The van der Waals surface area contributed by atoms with Crippen molar-refractivity contribution in [2.45, 2.75) is 33.1 Å². The standard InChI is InChI=1S/C11H14ClNO2/c1-6-5-7(11(2,3)4)8(10(14)15)13-9(6)12/h5H,1-4H3,(H,14,15). The normalized spacial score (nSPS) is 11.5. The van der Waals surface area contributed by atoms with Gasteiger partial charge in [0, 0.05) is 0 Å². The molecule has 82 valence electrons. The molecule has 0 spiro atoms. The third kappa shape index (κ3) is 2.48. The summed E-state index contributed by atoms with van der Waals surface area (Å²) in [6.07, 6.45) is 0. The van der Waals surface area contributed by atoms with Crippen molar-refractivity contribution < 1.29 is 9.90 Å². The number of pyridine rings is 1. The maximum Gasteiger partial charge on any atom is 0.354 e. The Hall–Kier alpha value is -1.09. The van der Waals surface area contributed by atoms with Crippen LogP contribution in [0.3, 0.4) is 0 Å². The average Bonchev–Trinajstić information content (AvgIpc) is 2.06. The number of carboxylic acids is 1. The van der Waals surface area contributed by atoms with Gasteiger partial charge in [-0.15, -0.1) is 0 Å². The second-order valence-corrected chi connectivity index (χ2v) is 4.91. The third-order valence-electron chi connectivity index (χ3n) is 2.16. The van der Waals surface area contributed by atoms with Gasteiger partial charge in [0.1, 0.15) is 5.15 Å². The number of carboxylic acid groups (broad SMARTS) is 1. The number of aromatic carboxylic acids is 1. The van der Waals surface area contributed by atoms with Crippen molar-refractivity contribution in [1.82, 2.24) is 4.98 Å². The highest BCUT2D eigenvalue weighted by atomic mass is 35.5. The van der Waals surface area contributed by atoms with Crippen LogP contribution in [0, 0.1) is 6.92 Å². The van der Waals surface area contributed by atoms with Gasteiger partial charge in [-0.05, 0) is 23.5 Å². The van der Waals surface area contributed by atoms with E-state index in [-0.39, 0.29) is 16.3 Å². The van der Waals surface area contributed by atoms with Crippen LogP contribution in [0.1, 0.15) is 42.4 Å². The number of hydrogen-bond donors (Lipinski definition) is 1. The highest BCUT2D eigenvalue weighted by Gasteiger charge is 2.24. The van der Waals surface area contributed by atoms with Crippen LogP contribution in [0.5, 0.6) is 0 Å². The number of rotatable bonds is 1. The topological polar surface area (TPSA) is 50.2 Å². The van der Waals surface area contributed by atoms with Gasteiger partial charge in [-0.3, -0.25) is 0 Å². The zero-order valence-corrected chi connectivity index (χ0v) is 10.0. The molecule has 0 aliphatic rings. The van der Waals surface area contributed by atoms with Crippen molar-refractivity contribution >= 4 is 17.6 Å². The van der Waals surface area contributed by atoms with Crippen LogP contribution in [-0.4, -0.2) is 16.1 Å². The quantitative estimate of drug-likeness (QED) is 0.751. The molecule has 0 radical (unpaired) electrons. The number of aryl methyl sites for hydroxylation is 1. The van der Waals surface area contributed by atoms with Gasteiger partial charge in [0.2, 0.25) is 0 Å². The van der Waals surface area contributed by atoms with Gasteiger partial charge < -0.3 is 5.11 Å². The fraction of sp³-hybridized carbons (Fsp3) is 0.455. The molecule has 1 rings (SSSR count). The molecule has 0 atom stereocenters. The van der Waals surface area contributed by atoms with Gasteiger partial charge in [0.25, 0.3) is 0 Å². The first kappa shape index (κ1) is 12.0. The van der Waals surface area contributed by atoms with Crippen molar-refractivity contribution in [2.24, 2.45) is 0 Å². The first-order chi connectivity index (χ1) is 6.73. The van der Waals surface area contributed by atoms with Crippen molar-refractivity contribution in [1.29, 1.82) is 0 Å². The molecule has 1 aromatic rings. The summed E-state index contributed by atoms with van der Waals surface area (Å²) in [6, 6.07) is 1.79. The average molecular weight is 228 g/mol. The Balaban J connectivity index is 3.49.